The van der Waals surface area contributed by atoms with Crippen LogP contribution < -0.4 is 4.74 Å². The smallest absolute Gasteiger partial charge is 0.240 e. The lowest BCUT2D eigenvalue weighted by molar-refractivity contribution is -0.130. The molecule has 2 aromatic carbocycles. The third kappa shape index (κ3) is 3.12. The first kappa shape index (κ1) is 17.1. The number of halogens is 1. The Morgan fingerprint density at radius 1 is 1.15 bits per heavy atom. The molecule has 27 heavy (non-hydrogen) atoms. The van der Waals surface area contributed by atoms with E-state index in [1.807, 2.05) is 18.2 Å². The van der Waals surface area contributed by atoms with E-state index in [4.69, 9.17) is 4.74 Å². The molecule has 0 N–H and O–H groups in total. The van der Waals surface area contributed by atoms with E-state index in [0.29, 0.717) is 23.4 Å². The van der Waals surface area contributed by atoms with Gasteiger partial charge in [-0.3, -0.25) is 14.8 Å². The summed E-state index contributed by atoms with van der Waals surface area (Å²) in [5, 5.41) is 5.89. The summed E-state index contributed by atoms with van der Waals surface area (Å²) in [5.41, 5.74) is 3.57. The van der Waals surface area contributed by atoms with Crippen molar-refractivity contribution in [3.05, 3.63) is 65.7 Å². The molecule has 0 spiro atoms. The summed E-state index contributed by atoms with van der Waals surface area (Å²) in [4.78, 5) is 20.8. The molecular weight excluding hydrogens is 347 g/mol. The molecule has 0 saturated carbocycles. The predicted octanol–water partition coefficient (Wildman–Crippen LogP) is 3.48. The Hall–Kier alpha value is -3.35. The highest BCUT2D eigenvalue weighted by Gasteiger charge is 2.32. The fourth-order valence-electron chi connectivity index (χ4n) is 3.32. The number of hydrazone groups is 1. The van der Waals surface area contributed by atoms with Crippen molar-refractivity contribution >= 4 is 22.7 Å². The van der Waals surface area contributed by atoms with E-state index in [1.165, 1.54) is 31.2 Å². The minimum Gasteiger partial charge on any atom is -0.496 e. The van der Waals surface area contributed by atoms with E-state index in [9.17, 15) is 9.18 Å². The molecule has 0 fully saturated rings. The largest absolute Gasteiger partial charge is 0.496 e. The van der Waals surface area contributed by atoms with E-state index < -0.39 is 0 Å². The van der Waals surface area contributed by atoms with E-state index in [-0.39, 0.29) is 17.8 Å². The van der Waals surface area contributed by atoms with Crippen LogP contribution in [0.3, 0.4) is 0 Å². The Labute approximate surface area is 155 Å². The zero-order chi connectivity index (χ0) is 19.0. The minimum absolute atomic E-state index is 0.190. The lowest BCUT2D eigenvalue weighted by Crippen LogP contribution is -2.24. The van der Waals surface area contributed by atoms with Crippen molar-refractivity contribution in [3.8, 4) is 5.75 Å². The topological polar surface area (TPSA) is 67.7 Å². The summed E-state index contributed by atoms with van der Waals surface area (Å²) >= 11 is 0. The molecule has 0 saturated heterocycles. The van der Waals surface area contributed by atoms with Gasteiger partial charge in [-0.25, -0.2) is 9.40 Å². The van der Waals surface area contributed by atoms with Crippen LogP contribution in [0.1, 0.15) is 30.5 Å². The molecule has 1 aliphatic rings. The number of fused-ring (bicyclic) bond motifs is 1. The molecule has 0 radical (unpaired) electrons. The van der Waals surface area contributed by atoms with E-state index >= 15 is 0 Å². The second kappa shape index (κ2) is 6.75. The molecule has 136 valence electrons. The maximum Gasteiger partial charge on any atom is 0.240 e. The van der Waals surface area contributed by atoms with Gasteiger partial charge in [-0.05, 0) is 35.9 Å². The molecule has 0 aliphatic carbocycles. The number of carbonyl (C=O) groups excluding carboxylic acids is 1. The number of carbonyl (C=O) groups is 1. The molecule has 7 heteroatoms. The molecule has 1 unspecified atom stereocenters. The van der Waals surface area contributed by atoms with Gasteiger partial charge in [-0.15, -0.1) is 0 Å². The molecule has 3 aromatic rings. The summed E-state index contributed by atoms with van der Waals surface area (Å²) < 4.78 is 19.1. The van der Waals surface area contributed by atoms with Crippen LogP contribution in [0.2, 0.25) is 0 Å². The van der Waals surface area contributed by atoms with Crippen molar-refractivity contribution in [2.75, 3.05) is 7.11 Å². The summed E-state index contributed by atoms with van der Waals surface area (Å²) in [6.45, 7) is 1.46. The van der Waals surface area contributed by atoms with Crippen molar-refractivity contribution in [3.63, 3.8) is 0 Å². The van der Waals surface area contributed by atoms with Crippen LogP contribution in [-0.2, 0) is 4.79 Å². The van der Waals surface area contributed by atoms with Gasteiger partial charge in [0.15, 0.2) is 0 Å². The number of amides is 1. The standard InChI is InChI=1S/C20H17FN4O2/c1-12(26)25-19(13-3-5-16-18(9-13)23-8-7-22-16)11-17(24-25)15-10-14(21)4-6-20(15)27-2/h3-10,19H,11H2,1-2H3. The van der Waals surface area contributed by atoms with Gasteiger partial charge in [0, 0.05) is 31.3 Å². The first-order valence-electron chi connectivity index (χ1n) is 8.48. The number of ether oxygens (including phenoxy) is 1. The molecule has 1 aromatic heterocycles. The zero-order valence-electron chi connectivity index (χ0n) is 14.9. The molecule has 1 amide bonds. The maximum atomic E-state index is 13.8. The van der Waals surface area contributed by atoms with Crippen LogP contribution in [0.15, 0.2) is 53.9 Å². The highest BCUT2D eigenvalue weighted by atomic mass is 19.1. The number of methoxy groups -OCH3 is 1. The van der Waals surface area contributed by atoms with Crippen LogP contribution in [0.25, 0.3) is 11.0 Å². The van der Waals surface area contributed by atoms with Gasteiger partial charge in [-0.1, -0.05) is 6.07 Å². The summed E-state index contributed by atoms with van der Waals surface area (Å²) in [5.74, 6) is -0.0550. The number of hydrogen-bond donors (Lipinski definition) is 0. The number of aromatic nitrogens is 2. The third-order valence-electron chi connectivity index (χ3n) is 4.58. The summed E-state index contributed by atoms with van der Waals surface area (Å²) in [7, 11) is 1.52. The van der Waals surface area contributed by atoms with Crippen LogP contribution in [0.4, 0.5) is 4.39 Å². The van der Waals surface area contributed by atoms with E-state index in [2.05, 4.69) is 15.1 Å². The Morgan fingerprint density at radius 3 is 2.67 bits per heavy atom. The van der Waals surface area contributed by atoms with Gasteiger partial charge in [0.1, 0.15) is 11.6 Å². The number of rotatable bonds is 3. The number of nitrogens with zero attached hydrogens (tertiary/aromatic N) is 4. The minimum atomic E-state index is -0.382. The average molecular weight is 364 g/mol. The number of benzene rings is 2. The Balaban J connectivity index is 1.75. The average Bonchev–Trinajstić information content (AvgIpc) is 3.13. The quantitative estimate of drug-likeness (QED) is 0.714. The fourth-order valence-corrected chi connectivity index (χ4v) is 3.32. The van der Waals surface area contributed by atoms with Gasteiger partial charge >= 0.3 is 0 Å². The lowest BCUT2D eigenvalue weighted by atomic mass is 9.97. The lowest BCUT2D eigenvalue weighted by Gasteiger charge is -2.20. The summed E-state index contributed by atoms with van der Waals surface area (Å²) in [6.07, 6.45) is 3.71. The van der Waals surface area contributed by atoms with Crippen LogP contribution in [0.5, 0.6) is 5.75 Å². The van der Waals surface area contributed by atoms with Crippen molar-refractivity contribution in [2.45, 2.75) is 19.4 Å². The highest BCUT2D eigenvalue weighted by Crippen LogP contribution is 2.35. The van der Waals surface area contributed by atoms with Gasteiger partial charge in [0.05, 0.1) is 29.9 Å². The third-order valence-corrected chi connectivity index (χ3v) is 4.58. The van der Waals surface area contributed by atoms with E-state index in [1.54, 1.807) is 18.5 Å². The van der Waals surface area contributed by atoms with Crippen molar-refractivity contribution < 1.29 is 13.9 Å². The maximum absolute atomic E-state index is 13.8. The van der Waals surface area contributed by atoms with Gasteiger partial charge in [-0.2, -0.15) is 5.10 Å². The Kier molecular flexibility index (Phi) is 4.27. The van der Waals surface area contributed by atoms with Crippen LogP contribution >= 0.6 is 0 Å². The van der Waals surface area contributed by atoms with E-state index in [0.717, 1.165) is 16.6 Å². The second-order valence-electron chi connectivity index (χ2n) is 6.28. The Morgan fingerprint density at radius 2 is 1.93 bits per heavy atom. The first-order valence-corrected chi connectivity index (χ1v) is 8.48. The van der Waals surface area contributed by atoms with Crippen LogP contribution in [0, 0.1) is 5.82 Å². The molecule has 4 rings (SSSR count). The molecule has 6 nitrogen and oxygen atoms in total. The molecule has 1 aliphatic heterocycles. The molecular formula is C20H17FN4O2. The predicted molar refractivity (Wildman–Crippen MR) is 98.9 cm³/mol. The fraction of sp³-hybridized carbons (Fsp3) is 0.200. The molecule has 1 atom stereocenters. The molecule has 2 heterocycles. The number of hydrogen-bond acceptors (Lipinski definition) is 5. The first-order chi connectivity index (χ1) is 13.1. The van der Waals surface area contributed by atoms with Gasteiger partial charge < -0.3 is 4.74 Å². The SMILES string of the molecule is COc1ccc(F)cc1C1=NN(C(C)=O)C(c2ccc3nccnc3c2)C1. The van der Waals surface area contributed by atoms with Crippen molar-refractivity contribution in [1.82, 2.24) is 15.0 Å². The summed E-state index contributed by atoms with van der Waals surface area (Å²) in [6, 6.07) is 9.67. The monoisotopic (exact) mass is 364 g/mol. The van der Waals surface area contributed by atoms with Crippen molar-refractivity contribution in [2.24, 2.45) is 5.10 Å². The van der Waals surface area contributed by atoms with Crippen molar-refractivity contribution in [1.29, 1.82) is 0 Å². The zero-order valence-corrected chi connectivity index (χ0v) is 14.9. The highest BCUT2D eigenvalue weighted by molar-refractivity contribution is 6.05. The van der Waals surface area contributed by atoms with Gasteiger partial charge in [0.25, 0.3) is 0 Å². The van der Waals surface area contributed by atoms with Gasteiger partial charge in [0.2, 0.25) is 5.91 Å². The Bertz CT molecular complexity index is 1070. The normalized spacial score (nSPS) is 16.5. The van der Waals surface area contributed by atoms with Crippen LogP contribution in [-0.4, -0.2) is 33.7 Å². The second-order valence-corrected chi connectivity index (χ2v) is 6.28. The molecule has 0 bridgehead atoms.